The van der Waals surface area contributed by atoms with Crippen molar-refractivity contribution in [3.8, 4) is 0 Å². The lowest BCUT2D eigenvalue weighted by atomic mass is 10.2. The summed E-state index contributed by atoms with van der Waals surface area (Å²) in [7, 11) is 1.33. The number of methoxy groups -OCH3 is 1. The summed E-state index contributed by atoms with van der Waals surface area (Å²) in [5, 5.41) is 16.0. The summed E-state index contributed by atoms with van der Waals surface area (Å²) < 4.78 is 4.27. The Morgan fingerprint density at radius 2 is 1.44 bits per heavy atom. The van der Waals surface area contributed by atoms with Crippen molar-refractivity contribution >= 4 is 11.9 Å². The van der Waals surface area contributed by atoms with Crippen LogP contribution in [0.25, 0.3) is 0 Å². The number of aliphatic hydroxyl groups is 1. The van der Waals surface area contributed by atoms with Gasteiger partial charge in [-0.2, -0.15) is 0 Å². The molecule has 106 valence electrons. The van der Waals surface area contributed by atoms with Crippen molar-refractivity contribution in [1.29, 1.82) is 0 Å². The maximum atomic E-state index is 10.2. The zero-order valence-corrected chi connectivity index (χ0v) is 11.8. The van der Waals surface area contributed by atoms with Crippen LogP contribution in [0, 0.1) is 5.92 Å². The van der Waals surface area contributed by atoms with Crippen molar-refractivity contribution in [2.45, 2.75) is 27.7 Å². The monoisotopic (exact) mass is 260 g/mol. The fourth-order valence-corrected chi connectivity index (χ4v) is 0.174. The molecule has 0 fully saturated rings. The van der Waals surface area contributed by atoms with Crippen LogP contribution in [0.5, 0.6) is 0 Å². The lowest BCUT2D eigenvalue weighted by Gasteiger charge is -1.91. The van der Waals surface area contributed by atoms with Gasteiger partial charge in [0.15, 0.2) is 0 Å². The van der Waals surface area contributed by atoms with Gasteiger partial charge in [-0.15, -0.1) is 0 Å². The molecule has 0 amide bonds. The lowest BCUT2D eigenvalue weighted by molar-refractivity contribution is -0.136. The third-order valence-electron chi connectivity index (χ3n) is 1.26. The van der Waals surface area contributed by atoms with Crippen LogP contribution in [0.15, 0.2) is 24.3 Å². The Hall–Kier alpha value is -1.62. The van der Waals surface area contributed by atoms with E-state index in [1.54, 1.807) is 6.92 Å². The van der Waals surface area contributed by atoms with Crippen LogP contribution in [0.4, 0.5) is 0 Å². The maximum absolute atomic E-state index is 10.2. The van der Waals surface area contributed by atoms with Crippen LogP contribution < -0.4 is 0 Å². The van der Waals surface area contributed by atoms with E-state index in [4.69, 9.17) is 10.2 Å². The van der Waals surface area contributed by atoms with Gasteiger partial charge in [0, 0.05) is 17.8 Å². The van der Waals surface area contributed by atoms with Crippen molar-refractivity contribution < 1.29 is 24.5 Å². The largest absolute Gasteiger partial charge is 0.478 e. The fraction of sp³-hybridized carbons (Fsp3) is 0.538. The third kappa shape index (κ3) is 23.9. The molecule has 0 saturated carbocycles. The number of esters is 1. The molecule has 5 heteroatoms. The van der Waals surface area contributed by atoms with Crippen LogP contribution in [0.3, 0.4) is 0 Å². The van der Waals surface area contributed by atoms with Gasteiger partial charge in [0.25, 0.3) is 0 Å². The number of carbonyl (C=O) groups excluding carboxylic acids is 1. The van der Waals surface area contributed by atoms with E-state index < -0.39 is 5.97 Å². The molecule has 18 heavy (non-hydrogen) atoms. The minimum absolute atomic E-state index is 0.176. The van der Waals surface area contributed by atoms with Gasteiger partial charge in [-0.25, -0.2) is 9.59 Å². The molecular weight excluding hydrogens is 236 g/mol. The van der Waals surface area contributed by atoms with Gasteiger partial charge in [-0.1, -0.05) is 27.0 Å². The molecule has 0 heterocycles. The number of hydrogen-bond acceptors (Lipinski definition) is 4. The topological polar surface area (TPSA) is 83.8 Å². The summed E-state index contributed by atoms with van der Waals surface area (Å²) in [5.41, 5.74) is 0.609. The van der Waals surface area contributed by atoms with E-state index in [0.29, 0.717) is 18.1 Å². The van der Waals surface area contributed by atoms with Crippen LogP contribution in [-0.2, 0) is 14.3 Å². The molecule has 0 rings (SSSR count). The van der Waals surface area contributed by atoms with E-state index in [1.165, 1.54) is 14.0 Å². The Balaban J connectivity index is -0.000000190. The number of hydrogen-bond donors (Lipinski definition) is 2. The van der Waals surface area contributed by atoms with E-state index in [1.807, 2.05) is 13.8 Å². The first-order valence-corrected chi connectivity index (χ1v) is 5.33. The molecule has 0 spiro atoms. The second kappa shape index (κ2) is 13.4. The summed E-state index contributed by atoms with van der Waals surface area (Å²) >= 11 is 0. The van der Waals surface area contributed by atoms with Crippen molar-refractivity contribution in [3.05, 3.63) is 24.3 Å². The average Bonchev–Trinajstić information content (AvgIpc) is 2.29. The molecule has 0 bridgehead atoms. The lowest BCUT2D eigenvalue weighted by Crippen LogP contribution is -1.98. The molecule has 0 aliphatic carbocycles. The van der Waals surface area contributed by atoms with Gasteiger partial charge in [0.1, 0.15) is 0 Å². The number of rotatable bonds is 3. The summed E-state index contributed by atoms with van der Waals surface area (Å²) in [6.45, 7) is 13.8. The maximum Gasteiger partial charge on any atom is 0.332 e. The summed E-state index contributed by atoms with van der Waals surface area (Å²) in [4.78, 5) is 19.8. The molecule has 0 aromatic rings. The SMILES string of the molecule is C=C(C)C(=O)O.C=C(C)C(=O)OC.CC(C)CO. The first-order valence-electron chi connectivity index (χ1n) is 5.33. The molecule has 0 aromatic carbocycles. The van der Waals surface area contributed by atoms with Crippen molar-refractivity contribution in [2.24, 2.45) is 5.92 Å². The van der Waals surface area contributed by atoms with Crippen LogP contribution in [0.2, 0.25) is 0 Å². The minimum atomic E-state index is -0.935. The van der Waals surface area contributed by atoms with Gasteiger partial charge in [0.2, 0.25) is 0 Å². The molecule has 5 nitrogen and oxygen atoms in total. The summed E-state index contributed by atoms with van der Waals surface area (Å²) in [5.74, 6) is -0.843. The first-order chi connectivity index (χ1) is 8.09. The standard InChI is InChI=1S/C5H8O2.C4H6O2.C4H10O/c1-4(2)5(6)7-3;1-3(2)4(5)6;1-4(2)3-5/h1H2,2-3H3;1H2,2H3,(H,5,6);4-5H,3H2,1-2H3. The first kappa shape index (κ1) is 21.6. The average molecular weight is 260 g/mol. The number of aliphatic carboxylic acids is 1. The highest BCUT2D eigenvalue weighted by molar-refractivity contribution is 5.86. The molecule has 0 aromatic heterocycles. The number of ether oxygens (including phenoxy) is 1. The van der Waals surface area contributed by atoms with Gasteiger partial charge < -0.3 is 14.9 Å². The normalized spacial score (nSPS) is 8.17. The van der Waals surface area contributed by atoms with E-state index in [2.05, 4.69) is 17.9 Å². The second-order valence-electron chi connectivity index (χ2n) is 3.93. The Kier molecular flexibility index (Phi) is 16.2. The summed E-state index contributed by atoms with van der Waals surface area (Å²) in [6.07, 6.45) is 0. The number of carboxylic acids is 1. The summed E-state index contributed by atoms with van der Waals surface area (Å²) in [6, 6.07) is 0. The zero-order chi connectivity index (χ0) is 15.3. The quantitative estimate of drug-likeness (QED) is 0.599. The van der Waals surface area contributed by atoms with Crippen molar-refractivity contribution in [3.63, 3.8) is 0 Å². The predicted octanol–water partition coefficient (Wildman–Crippen LogP) is 2.02. The Morgan fingerprint density at radius 3 is 1.44 bits per heavy atom. The van der Waals surface area contributed by atoms with Gasteiger partial charge in [-0.05, 0) is 19.8 Å². The Bertz CT molecular complexity index is 267. The van der Waals surface area contributed by atoms with E-state index >= 15 is 0 Å². The van der Waals surface area contributed by atoms with Crippen LogP contribution in [-0.4, -0.2) is 35.9 Å². The van der Waals surface area contributed by atoms with Crippen LogP contribution in [0.1, 0.15) is 27.7 Å². The van der Waals surface area contributed by atoms with Gasteiger partial charge >= 0.3 is 11.9 Å². The molecule has 0 aliphatic heterocycles. The van der Waals surface area contributed by atoms with E-state index in [9.17, 15) is 9.59 Å². The van der Waals surface area contributed by atoms with Gasteiger partial charge in [0.05, 0.1) is 7.11 Å². The molecular formula is C13H24O5. The molecule has 2 N–H and O–H groups in total. The number of aliphatic hydroxyl groups excluding tert-OH is 1. The fourth-order valence-electron chi connectivity index (χ4n) is 0.174. The molecule has 0 saturated heterocycles. The number of carboxylic acid groups (broad SMARTS) is 1. The molecule has 0 atom stereocenters. The smallest absolute Gasteiger partial charge is 0.332 e. The molecule has 0 unspecified atom stereocenters. The Morgan fingerprint density at radius 1 is 1.17 bits per heavy atom. The Labute approximate surface area is 109 Å². The van der Waals surface area contributed by atoms with Crippen molar-refractivity contribution in [1.82, 2.24) is 0 Å². The minimum Gasteiger partial charge on any atom is -0.478 e. The van der Waals surface area contributed by atoms with Gasteiger partial charge in [-0.3, -0.25) is 0 Å². The van der Waals surface area contributed by atoms with Crippen LogP contribution >= 0.6 is 0 Å². The highest BCUT2D eigenvalue weighted by atomic mass is 16.5. The molecule has 0 aliphatic rings. The molecule has 0 radical (unpaired) electrons. The van der Waals surface area contributed by atoms with E-state index in [0.717, 1.165) is 0 Å². The third-order valence-corrected chi connectivity index (χ3v) is 1.26. The second-order valence-corrected chi connectivity index (χ2v) is 3.93. The van der Waals surface area contributed by atoms with E-state index in [-0.39, 0.29) is 11.5 Å². The predicted molar refractivity (Wildman–Crippen MR) is 71.2 cm³/mol. The number of carbonyl (C=O) groups is 2. The highest BCUT2D eigenvalue weighted by Crippen LogP contribution is 1.87. The van der Waals surface area contributed by atoms with Crippen molar-refractivity contribution in [2.75, 3.05) is 13.7 Å². The zero-order valence-electron chi connectivity index (χ0n) is 11.8. The highest BCUT2D eigenvalue weighted by Gasteiger charge is 1.95.